The number of rotatable bonds is 8. The monoisotopic (exact) mass is 698 g/mol. The Balaban J connectivity index is 0.00000104. The van der Waals surface area contributed by atoms with E-state index in [9.17, 15) is 0 Å². The SMILES string of the molecule is CC(C)c1cccc(C(C)C)c1NC(=Nc1ccccc1[PH+](c1ccccc1)c1ccccc1)c1ccccc1.[Cl][Cr]([Cl])[Cl]. The van der Waals surface area contributed by atoms with Crippen LogP contribution in [0.4, 0.5) is 11.4 Å². The Morgan fingerprint density at radius 3 is 1.50 bits per heavy atom. The number of aliphatic imine (C=N–C) groups is 1. The standard InChI is InChI=1S/C37H37N2P.3ClH.Cr/c1-27(2)32-23-16-24-33(28(3)4)36(32)39-37(29-17-8-5-9-18-29)38-34-25-14-15-26-35(34)40(30-19-10-6-11-20-30)31-21-12-7-13-22-31;;;;/h5-28H,1-4H3,(H,38,39);3*1H;/q;;;;+3/p-2. The van der Waals surface area contributed by atoms with Gasteiger partial charge in [-0.1, -0.05) is 125 Å². The third-order valence-corrected chi connectivity index (χ3v) is 9.98. The Labute approximate surface area is 280 Å². The molecule has 0 unspecified atom stereocenters. The average molecular weight is 700 g/mol. The van der Waals surface area contributed by atoms with E-state index in [1.807, 2.05) is 0 Å². The number of anilines is 1. The van der Waals surface area contributed by atoms with E-state index < -0.39 is 19.3 Å². The molecule has 0 fully saturated rings. The van der Waals surface area contributed by atoms with E-state index >= 15 is 0 Å². The molecule has 0 heterocycles. The van der Waals surface area contributed by atoms with Crippen molar-refractivity contribution in [3.8, 4) is 0 Å². The van der Waals surface area contributed by atoms with Gasteiger partial charge in [-0.2, -0.15) is 0 Å². The number of halogens is 3. The summed E-state index contributed by atoms with van der Waals surface area (Å²) < 4.78 is 0. The van der Waals surface area contributed by atoms with Crippen LogP contribution in [0.2, 0.25) is 0 Å². The molecule has 44 heavy (non-hydrogen) atoms. The third kappa shape index (κ3) is 9.45. The predicted octanol–water partition coefficient (Wildman–Crippen LogP) is 10.7. The van der Waals surface area contributed by atoms with Crippen LogP contribution in [0.1, 0.15) is 56.2 Å². The van der Waals surface area contributed by atoms with Gasteiger partial charge in [-0.05, 0) is 59.4 Å². The summed E-state index contributed by atoms with van der Waals surface area (Å²) in [6.45, 7) is 9.03. The van der Waals surface area contributed by atoms with Crippen LogP contribution in [0.15, 0.2) is 138 Å². The molecule has 0 saturated heterocycles. The third-order valence-electron chi connectivity index (χ3n) is 7.19. The normalized spacial score (nSPS) is 11.6. The molecule has 0 radical (unpaired) electrons. The van der Waals surface area contributed by atoms with Crippen molar-refractivity contribution in [2.75, 3.05) is 5.32 Å². The molecule has 0 aliphatic heterocycles. The van der Waals surface area contributed by atoms with Gasteiger partial charge in [-0.15, -0.1) is 0 Å². The zero-order valence-corrected chi connectivity index (χ0v) is 29.9. The van der Waals surface area contributed by atoms with E-state index in [2.05, 4.69) is 166 Å². The fraction of sp³-hybridized carbons (Fsp3) is 0.162. The molecule has 2 nitrogen and oxygen atoms in total. The summed E-state index contributed by atoms with van der Waals surface area (Å²) in [5.74, 6) is 1.64. The second kappa shape index (κ2) is 17.2. The van der Waals surface area contributed by atoms with Gasteiger partial charge in [-0.3, -0.25) is 0 Å². The van der Waals surface area contributed by atoms with E-state index in [0.717, 1.165) is 17.1 Å². The topological polar surface area (TPSA) is 24.4 Å². The first kappa shape index (κ1) is 34.3. The second-order valence-electron chi connectivity index (χ2n) is 10.9. The molecule has 0 aromatic heterocycles. The van der Waals surface area contributed by atoms with Crippen molar-refractivity contribution in [2.24, 2.45) is 4.99 Å². The quantitative estimate of drug-likeness (QED) is 0.0973. The Morgan fingerprint density at radius 2 is 1.02 bits per heavy atom. The number of nitrogens with zero attached hydrogens (tertiary/aromatic N) is 1. The Bertz CT molecular complexity index is 1560. The van der Waals surface area contributed by atoms with Crippen molar-refractivity contribution in [2.45, 2.75) is 39.5 Å². The molecule has 5 aromatic carbocycles. The molecule has 0 saturated carbocycles. The molecular formula is C37H38Cl3CrN2P+. The van der Waals surface area contributed by atoms with Crippen molar-refractivity contribution < 1.29 is 11.4 Å². The average Bonchev–Trinajstić information content (AvgIpc) is 3.03. The number of para-hydroxylation sites is 2. The summed E-state index contributed by atoms with van der Waals surface area (Å²) in [7, 11) is 13.5. The van der Waals surface area contributed by atoms with Gasteiger partial charge in [0.15, 0.2) is 0 Å². The molecule has 5 rings (SSSR count). The Hall–Kier alpha value is -2.60. The van der Waals surface area contributed by atoms with Crippen molar-refractivity contribution >= 4 is 71.2 Å². The molecule has 7 heteroatoms. The van der Waals surface area contributed by atoms with Gasteiger partial charge in [0, 0.05) is 11.3 Å². The summed E-state index contributed by atoms with van der Waals surface area (Å²) >= 11 is -1.62. The fourth-order valence-corrected chi connectivity index (χ4v) is 7.83. The maximum absolute atomic E-state index is 5.43. The number of amidine groups is 1. The van der Waals surface area contributed by atoms with Gasteiger partial charge >= 0.3 is 41.5 Å². The molecule has 227 valence electrons. The van der Waals surface area contributed by atoms with Crippen LogP contribution in [0.5, 0.6) is 0 Å². The zero-order chi connectivity index (χ0) is 31.5. The number of benzene rings is 5. The van der Waals surface area contributed by atoms with Crippen LogP contribution in [0.3, 0.4) is 0 Å². The molecule has 5 aromatic rings. The van der Waals surface area contributed by atoms with Crippen LogP contribution >= 0.6 is 38.1 Å². The van der Waals surface area contributed by atoms with Crippen LogP contribution < -0.4 is 21.2 Å². The Kier molecular flexibility index (Phi) is 13.4. The predicted molar refractivity (Wildman–Crippen MR) is 195 cm³/mol. The van der Waals surface area contributed by atoms with Gasteiger partial charge in [0.25, 0.3) is 0 Å². The molecule has 0 atom stereocenters. The van der Waals surface area contributed by atoms with Gasteiger partial charge in [0.1, 0.15) is 35.4 Å². The summed E-state index contributed by atoms with van der Waals surface area (Å²) in [6.07, 6.45) is 0. The van der Waals surface area contributed by atoms with E-state index in [1.54, 1.807) is 0 Å². The summed E-state index contributed by atoms with van der Waals surface area (Å²) in [5.41, 5.74) is 5.86. The minimum atomic E-state index is -1.62. The summed E-state index contributed by atoms with van der Waals surface area (Å²) in [5, 5.41) is 7.83. The van der Waals surface area contributed by atoms with Crippen molar-refractivity contribution in [3.05, 3.63) is 150 Å². The van der Waals surface area contributed by atoms with Gasteiger partial charge in [0.2, 0.25) is 0 Å². The van der Waals surface area contributed by atoms with E-state index in [1.165, 1.54) is 32.7 Å². The van der Waals surface area contributed by atoms with Gasteiger partial charge in [-0.25, -0.2) is 4.99 Å². The molecule has 0 aliphatic rings. The van der Waals surface area contributed by atoms with Crippen LogP contribution in [0.25, 0.3) is 0 Å². The van der Waals surface area contributed by atoms with Gasteiger partial charge < -0.3 is 5.32 Å². The first-order valence-corrected chi connectivity index (χ1v) is 21.4. The molecule has 0 spiro atoms. The second-order valence-corrected chi connectivity index (χ2v) is 19.6. The zero-order valence-electron chi connectivity index (χ0n) is 25.3. The molecule has 1 N–H and O–H groups in total. The van der Waals surface area contributed by atoms with E-state index in [4.69, 9.17) is 35.1 Å². The van der Waals surface area contributed by atoms with Crippen LogP contribution in [-0.4, -0.2) is 5.84 Å². The first-order chi connectivity index (χ1) is 21.3. The first-order valence-electron chi connectivity index (χ1n) is 14.6. The molecular weight excluding hydrogens is 662 g/mol. The van der Waals surface area contributed by atoms with E-state index in [-0.39, 0.29) is 0 Å². The van der Waals surface area contributed by atoms with E-state index in [0.29, 0.717) is 11.8 Å². The van der Waals surface area contributed by atoms with Crippen molar-refractivity contribution in [1.29, 1.82) is 0 Å². The molecule has 0 bridgehead atoms. The fourth-order valence-electron chi connectivity index (χ4n) is 5.16. The van der Waals surface area contributed by atoms with Crippen molar-refractivity contribution in [1.82, 2.24) is 0 Å². The van der Waals surface area contributed by atoms with Crippen LogP contribution in [-0.2, 0) is 11.4 Å². The number of nitrogens with one attached hydrogen (secondary N) is 1. The van der Waals surface area contributed by atoms with Crippen molar-refractivity contribution in [3.63, 3.8) is 0 Å². The minimum absolute atomic E-state index is 0.386. The molecule has 0 aliphatic carbocycles. The maximum atomic E-state index is 5.43. The molecule has 0 amide bonds. The van der Waals surface area contributed by atoms with Crippen LogP contribution in [0, 0.1) is 0 Å². The number of hydrogen-bond donors (Lipinski definition) is 1. The number of hydrogen-bond acceptors (Lipinski definition) is 1. The summed E-state index contributed by atoms with van der Waals surface area (Å²) in [4.78, 5) is 5.43. The summed E-state index contributed by atoms with van der Waals surface area (Å²) in [6, 6.07) is 47.6. The Morgan fingerprint density at radius 1 is 0.591 bits per heavy atom. The van der Waals surface area contributed by atoms with Gasteiger partial charge in [0.05, 0.1) is 0 Å².